The number of likely N-dealkylation sites (N-methyl/N-ethyl adjacent to an activating group) is 1. The second-order valence-corrected chi connectivity index (χ2v) is 5.45. The second kappa shape index (κ2) is 7.50. The minimum atomic E-state index is -0.0333. The first-order valence-corrected chi connectivity index (χ1v) is 7.42. The Kier molecular flexibility index (Phi) is 5.68. The summed E-state index contributed by atoms with van der Waals surface area (Å²) in [6.45, 7) is 1.93. The Morgan fingerprint density at radius 1 is 1.45 bits per heavy atom. The van der Waals surface area contributed by atoms with E-state index in [0.717, 1.165) is 25.8 Å². The number of nitrogens with zero attached hydrogens (tertiary/aromatic N) is 1. The molecule has 0 saturated carbocycles. The summed E-state index contributed by atoms with van der Waals surface area (Å²) in [5.41, 5.74) is 0. The average Bonchev–Trinajstić information content (AvgIpc) is 2.49. The molecule has 1 amide bonds. The van der Waals surface area contributed by atoms with Gasteiger partial charge in [0.05, 0.1) is 17.6 Å². The fourth-order valence-electron chi connectivity index (χ4n) is 2.29. The predicted molar refractivity (Wildman–Crippen MR) is 80.2 cm³/mol. The number of para-hydroxylation sites is 1. The van der Waals surface area contributed by atoms with Crippen molar-refractivity contribution in [3.8, 4) is 5.75 Å². The van der Waals surface area contributed by atoms with Gasteiger partial charge in [-0.1, -0.05) is 30.2 Å². The molecule has 1 N–H and O–H groups in total. The van der Waals surface area contributed by atoms with E-state index >= 15 is 0 Å². The number of amides is 1. The number of ether oxygens (including phenoxy) is 1. The van der Waals surface area contributed by atoms with Crippen LogP contribution in [0.25, 0.3) is 0 Å². The highest BCUT2D eigenvalue weighted by molar-refractivity contribution is 6.32. The molecule has 1 aliphatic heterocycles. The molecular formula is C15H21ClN2O2. The molecule has 0 radical (unpaired) electrons. The molecule has 4 nitrogen and oxygen atoms in total. The maximum absolute atomic E-state index is 12.2. The number of carbonyl (C=O) groups is 1. The predicted octanol–water partition coefficient (Wildman–Crippen LogP) is 2.32. The normalized spacial score (nSPS) is 18.6. The monoisotopic (exact) mass is 296 g/mol. The van der Waals surface area contributed by atoms with Crippen LogP contribution >= 0.6 is 11.6 Å². The highest BCUT2D eigenvalue weighted by Gasteiger charge is 2.23. The van der Waals surface area contributed by atoms with Crippen molar-refractivity contribution in [3.05, 3.63) is 29.3 Å². The Labute approximate surface area is 125 Å². The molecule has 0 unspecified atom stereocenters. The minimum Gasteiger partial charge on any atom is -0.490 e. The fraction of sp³-hybridized carbons (Fsp3) is 0.533. The van der Waals surface area contributed by atoms with Crippen molar-refractivity contribution in [2.24, 2.45) is 0 Å². The van der Waals surface area contributed by atoms with Gasteiger partial charge in [-0.2, -0.15) is 0 Å². The number of benzene rings is 1. The van der Waals surface area contributed by atoms with E-state index in [2.05, 4.69) is 5.32 Å². The summed E-state index contributed by atoms with van der Waals surface area (Å²) in [5.74, 6) is 0.804. The van der Waals surface area contributed by atoms with E-state index in [4.69, 9.17) is 16.3 Å². The lowest BCUT2D eigenvalue weighted by molar-refractivity contribution is -0.133. The van der Waals surface area contributed by atoms with Crippen LogP contribution in [0.2, 0.25) is 5.02 Å². The first kappa shape index (κ1) is 15.1. The van der Waals surface area contributed by atoms with E-state index in [9.17, 15) is 4.79 Å². The van der Waals surface area contributed by atoms with E-state index in [1.807, 2.05) is 25.2 Å². The van der Waals surface area contributed by atoms with Crippen molar-refractivity contribution in [3.63, 3.8) is 0 Å². The largest absolute Gasteiger partial charge is 0.490 e. The van der Waals surface area contributed by atoms with Crippen LogP contribution in [0.1, 0.15) is 19.3 Å². The van der Waals surface area contributed by atoms with Crippen LogP contribution in [0, 0.1) is 0 Å². The lowest BCUT2D eigenvalue weighted by atomic mass is 10.0. The molecule has 20 heavy (non-hydrogen) atoms. The van der Waals surface area contributed by atoms with Crippen LogP contribution in [0.15, 0.2) is 24.3 Å². The van der Waals surface area contributed by atoms with Crippen molar-refractivity contribution in [1.82, 2.24) is 10.2 Å². The third-order valence-electron chi connectivity index (χ3n) is 3.51. The van der Waals surface area contributed by atoms with Crippen molar-refractivity contribution in [1.29, 1.82) is 0 Å². The molecule has 0 bridgehead atoms. The van der Waals surface area contributed by atoms with Crippen LogP contribution in [-0.4, -0.2) is 43.6 Å². The third-order valence-corrected chi connectivity index (χ3v) is 3.82. The molecule has 1 aromatic rings. The Bertz CT molecular complexity index is 447. The number of hydrogen-bond acceptors (Lipinski definition) is 3. The molecule has 1 saturated heterocycles. The van der Waals surface area contributed by atoms with Gasteiger partial charge in [-0.15, -0.1) is 0 Å². The molecule has 0 aliphatic carbocycles. The topological polar surface area (TPSA) is 41.6 Å². The summed E-state index contributed by atoms with van der Waals surface area (Å²) in [4.78, 5) is 13.9. The van der Waals surface area contributed by atoms with Crippen molar-refractivity contribution < 1.29 is 9.53 Å². The minimum absolute atomic E-state index is 0.0333. The summed E-state index contributed by atoms with van der Waals surface area (Å²) in [5, 5.41) is 3.86. The zero-order valence-electron chi connectivity index (χ0n) is 11.8. The van der Waals surface area contributed by atoms with E-state index in [-0.39, 0.29) is 11.9 Å². The molecule has 2 rings (SSSR count). The Balaban J connectivity index is 1.75. The molecule has 1 fully saturated rings. The van der Waals surface area contributed by atoms with E-state index in [1.165, 1.54) is 0 Å². The van der Waals surface area contributed by atoms with Gasteiger partial charge < -0.3 is 15.0 Å². The Morgan fingerprint density at radius 3 is 2.95 bits per heavy atom. The van der Waals surface area contributed by atoms with Crippen LogP contribution in [0.4, 0.5) is 0 Å². The average molecular weight is 297 g/mol. The number of piperidine rings is 1. The summed E-state index contributed by atoms with van der Waals surface area (Å²) in [7, 11) is 1.81. The summed E-state index contributed by atoms with van der Waals surface area (Å²) in [6, 6.07) is 7.32. The van der Waals surface area contributed by atoms with Crippen LogP contribution in [0.5, 0.6) is 5.75 Å². The summed E-state index contributed by atoms with van der Waals surface area (Å²) < 4.78 is 5.60. The van der Waals surface area contributed by atoms with Crippen LogP contribution in [-0.2, 0) is 4.79 Å². The van der Waals surface area contributed by atoms with Crippen molar-refractivity contribution in [2.45, 2.75) is 25.3 Å². The van der Waals surface area contributed by atoms with Gasteiger partial charge in [-0.25, -0.2) is 0 Å². The van der Waals surface area contributed by atoms with Gasteiger partial charge in [0, 0.05) is 7.05 Å². The first-order chi connectivity index (χ1) is 9.68. The Hall–Kier alpha value is -1.26. The second-order valence-electron chi connectivity index (χ2n) is 5.04. The molecule has 1 atom stereocenters. The zero-order chi connectivity index (χ0) is 14.4. The van der Waals surface area contributed by atoms with Gasteiger partial charge in [0.2, 0.25) is 5.91 Å². The van der Waals surface area contributed by atoms with Gasteiger partial charge in [0.25, 0.3) is 0 Å². The van der Waals surface area contributed by atoms with Gasteiger partial charge >= 0.3 is 0 Å². The Morgan fingerprint density at radius 2 is 2.25 bits per heavy atom. The third kappa shape index (κ3) is 4.12. The zero-order valence-corrected chi connectivity index (χ0v) is 12.5. The summed E-state index contributed by atoms with van der Waals surface area (Å²) in [6.07, 6.45) is 3.20. The quantitative estimate of drug-likeness (QED) is 0.907. The highest BCUT2D eigenvalue weighted by Crippen LogP contribution is 2.22. The first-order valence-electron chi connectivity index (χ1n) is 7.04. The van der Waals surface area contributed by atoms with Gasteiger partial charge in [0.15, 0.2) is 0 Å². The van der Waals surface area contributed by atoms with E-state index in [0.29, 0.717) is 23.9 Å². The SMILES string of the molecule is CN(CCOc1ccccc1Cl)C(=O)[C@H]1CCCCN1. The fourth-order valence-corrected chi connectivity index (χ4v) is 2.48. The van der Waals surface area contributed by atoms with E-state index in [1.54, 1.807) is 11.0 Å². The molecule has 0 spiro atoms. The molecule has 5 heteroatoms. The number of rotatable bonds is 5. The molecule has 1 aromatic carbocycles. The van der Waals surface area contributed by atoms with E-state index < -0.39 is 0 Å². The van der Waals surface area contributed by atoms with Crippen LogP contribution in [0.3, 0.4) is 0 Å². The number of nitrogens with one attached hydrogen (secondary N) is 1. The standard InChI is InChI=1S/C15H21ClN2O2/c1-18(15(19)13-7-4-5-9-17-13)10-11-20-14-8-3-2-6-12(14)16/h2-3,6,8,13,17H,4-5,7,9-11H2,1H3/t13-/m1/s1. The molecule has 1 heterocycles. The maximum Gasteiger partial charge on any atom is 0.239 e. The smallest absolute Gasteiger partial charge is 0.239 e. The molecule has 1 aliphatic rings. The summed E-state index contributed by atoms with van der Waals surface area (Å²) >= 11 is 6.01. The number of carbonyl (C=O) groups excluding carboxylic acids is 1. The highest BCUT2D eigenvalue weighted by atomic mass is 35.5. The lowest BCUT2D eigenvalue weighted by Crippen LogP contribution is -2.48. The van der Waals surface area contributed by atoms with Gasteiger partial charge in [0.1, 0.15) is 12.4 Å². The lowest BCUT2D eigenvalue weighted by Gasteiger charge is -2.27. The molecule has 110 valence electrons. The maximum atomic E-state index is 12.2. The van der Waals surface area contributed by atoms with Crippen LogP contribution < -0.4 is 10.1 Å². The molecule has 0 aromatic heterocycles. The van der Waals surface area contributed by atoms with Gasteiger partial charge in [-0.05, 0) is 31.5 Å². The van der Waals surface area contributed by atoms with Crippen molar-refractivity contribution in [2.75, 3.05) is 26.7 Å². The number of hydrogen-bond donors (Lipinski definition) is 1. The molecular weight excluding hydrogens is 276 g/mol. The number of halogens is 1. The van der Waals surface area contributed by atoms with Gasteiger partial charge in [-0.3, -0.25) is 4.79 Å². The van der Waals surface area contributed by atoms with Crippen molar-refractivity contribution >= 4 is 17.5 Å².